The maximum Gasteiger partial charge on any atom is 0.269 e. The Labute approximate surface area is 196 Å². The number of nitro groups is 1. The number of carbonyl (C=O) groups excluding carboxylic acids is 1. The highest BCUT2D eigenvalue weighted by Crippen LogP contribution is 2.38. The van der Waals surface area contributed by atoms with E-state index in [1.165, 1.54) is 12.1 Å². The third-order valence-corrected chi connectivity index (χ3v) is 5.52. The molecule has 1 heterocycles. The van der Waals surface area contributed by atoms with Crippen molar-refractivity contribution in [2.75, 3.05) is 11.5 Å². The highest BCUT2D eigenvalue weighted by molar-refractivity contribution is 6.30. The topological polar surface area (TPSA) is 72.7 Å². The molecule has 0 N–H and O–H groups in total. The highest BCUT2D eigenvalue weighted by atomic mass is 35.5. The number of anilines is 1. The third kappa shape index (κ3) is 4.66. The molecule has 0 spiro atoms. The van der Waals surface area contributed by atoms with Crippen molar-refractivity contribution >= 4 is 40.7 Å². The second-order valence-corrected chi connectivity index (χ2v) is 7.94. The fourth-order valence-electron chi connectivity index (χ4n) is 3.70. The van der Waals surface area contributed by atoms with Crippen LogP contribution in [0, 0.1) is 17.0 Å². The molecule has 0 unspecified atom stereocenters. The molecule has 1 amide bonds. The molecule has 3 aromatic carbocycles. The van der Waals surface area contributed by atoms with E-state index in [0.717, 1.165) is 16.9 Å². The molecule has 0 radical (unpaired) electrons. The summed E-state index contributed by atoms with van der Waals surface area (Å²) < 4.78 is 5.48. The summed E-state index contributed by atoms with van der Waals surface area (Å²) in [6.45, 7) is 4.25. The molecule has 0 atom stereocenters. The average Bonchev–Trinajstić information content (AvgIpc) is 3.11. The maximum absolute atomic E-state index is 13.5. The summed E-state index contributed by atoms with van der Waals surface area (Å²) in [5, 5.41) is 11.8. The summed E-state index contributed by atoms with van der Waals surface area (Å²) in [5.41, 5.74) is 4.02. The number of nitrogens with zero attached hydrogens (tertiary/aromatic N) is 2. The lowest BCUT2D eigenvalue weighted by atomic mass is 10.1. The fourth-order valence-corrected chi connectivity index (χ4v) is 3.82. The van der Waals surface area contributed by atoms with Crippen molar-refractivity contribution in [3.63, 3.8) is 0 Å². The van der Waals surface area contributed by atoms with E-state index in [9.17, 15) is 14.9 Å². The zero-order valence-corrected chi connectivity index (χ0v) is 18.9. The summed E-state index contributed by atoms with van der Waals surface area (Å²) in [5.74, 6) is 0.545. The Kier molecular flexibility index (Phi) is 6.29. The van der Waals surface area contributed by atoms with E-state index in [-0.39, 0.29) is 11.6 Å². The van der Waals surface area contributed by atoms with Gasteiger partial charge in [-0.1, -0.05) is 35.9 Å². The average molecular weight is 461 g/mol. The lowest BCUT2D eigenvalue weighted by Gasteiger charge is -2.22. The molecule has 1 aliphatic rings. The predicted octanol–water partition coefficient (Wildman–Crippen LogP) is 6.43. The minimum atomic E-state index is -0.449. The lowest BCUT2D eigenvalue weighted by molar-refractivity contribution is -0.384. The van der Waals surface area contributed by atoms with Crippen molar-refractivity contribution in [2.24, 2.45) is 0 Å². The van der Waals surface area contributed by atoms with Crippen LogP contribution in [0.1, 0.15) is 23.6 Å². The highest BCUT2D eigenvalue weighted by Gasteiger charge is 2.31. The molecule has 6 nitrogen and oxygen atoms in total. The first kappa shape index (κ1) is 22.3. The van der Waals surface area contributed by atoms with E-state index >= 15 is 0 Å². The monoisotopic (exact) mass is 460 g/mol. The van der Waals surface area contributed by atoms with Gasteiger partial charge in [0.05, 0.1) is 22.9 Å². The summed E-state index contributed by atoms with van der Waals surface area (Å²) in [4.78, 5) is 25.8. The molecule has 0 fully saturated rings. The van der Waals surface area contributed by atoms with Crippen LogP contribution in [-0.4, -0.2) is 17.4 Å². The number of aryl methyl sites for hydroxylation is 1. The minimum Gasteiger partial charge on any atom is -0.494 e. The molecule has 0 saturated carbocycles. The molecular weight excluding hydrogens is 440 g/mol. The van der Waals surface area contributed by atoms with Gasteiger partial charge in [0, 0.05) is 22.7 Å². The molecule has 0 aromatic heterocycles. The molecular formula is C26H21ClN2O4. The van der Waals surface area contributed by atoms with Crippen LogP contribution in [0.4, 0.5) is 11.4 Å². The van der Waals surface area contributed by atoms with Gasteiger partial charge in [0.25, 0.3) is 11.6 Å². The molecule has 0 saturated heterocycles. The number of nitro benzene ring substituents is 1. The van der Waals surface area contributed by atoms with Crippen molar-refractivity contribution in [3.05, 3.63) is 110 Å². The first-order valence-corrected chi connectivity index (χ1v) is 10.8. The Bertz CT molecular complexity index is 1280. The number of ether oxygens (including phenoxy) is 1. The van der Waals surface area contributed by atoms with E-state index < -0.39 is 4.92 Å². The Morgan fingerprint density at radius 1 is 1.06 bits per heavy atom. The second-order valence-electron chi connectivity index (χ2n) is 7.51. The van der Waals surface area contributed by atoms with E-state index in [4.69, 9.17) is 16.3 Å². The van der Waals surface area contributed by atoms with E-state index in [1.54, 1.807) is 30.0 Å². The van der Waals surface area contributed by atoms with Crippen LogP contribution in [0.2, 0.25) is 5.02 Å². The van der Waals surface area contributed by atoms with Crippen LogP contribution >= 0.6 is 11.6 Å². The van der Waals surface area contributed by atoms with Gasteiger partial charge in [0.15, 0.2) is 0 Å². The number of hydrogen-bond acceptors (Lipinski definition) is 4. The number of carbonyl (C=O) groups is 1. The number of non-ortho nitro benzene ring substituents is 1. The van der Waals surface area contributed by atoms with Crippen LogP contribution in [0.3, 0.4) is 0 Å². The second kappa shape index (κ2) is 9.30. The van der Waals surface area contributed by atoms with Gasteiger partial charge in [-0.15, -0.1) is 0 Å². The number of rotatable bonds is 6. The molecule has 3 aromatic rings. The van der Waals surface area contributed by atoms with E-state index in [2.05, 4.69) is 0 Å². The SMILES string of the molecule is CCOc1ccc(/C=C2\C=C(c3ccc(Cl)cc3)N(c3ccc([N+](=O)[O-])cc3C)C2=O)cc1. The van der Waals surface area contributed by atoms with Gasteiger partial charge in [-0.05, 0) is 73.0 Å². The Balaban J connectivity index is 1.78. The third-order valence-electron chi connectivity index (χ3n) is 5.27. The number of benzene rings is 3. The number of hydrogen-bond donors (Lipinski definition) is 0. The van der Waals surface area contributed by atoms with Crippen molar-refractivity contribution in [2.45, 2.75) is 13.8 Å². The standard InChI is InChI=1S/C26H21ClN2O4/c1-3-33-23-11-4-18(5-12-23)15-20-16-25(19-6-8-21(27)9-7-19)28(26(20)30)24-13-10-22(29(31)32)14-17(24)2/h4-16H,3H2,1-2H3/b20-15+. The van der Waals surface area contributed by atoms with Gasteiger partial charge in [0.1, 0.15) is 5.75 Å². The largest absolute Gasteiger partial charge is 0.494 e. The molecule has 7 heteroatoms. The number of amides is 1. The predicted molar refractivity (Wildman–Crippen MR) is 130 cm³/mol. The zero-order valence-electron chi connectivity index (χ0n) is 18.1. The first-order chi connectivity index (χ1) is 15.9. The van der Waals surface area contributed by atoms with E-state index in [0.29, 0.717) is 34.2 Å². The fraction of sp³-hybridized carbons (Fsp3) is 0.115. The first-order valence-electron chi connectivity index (χ1n) is 10.4. The van der Waals surface area contributed by atoms with Crippen molar-refractivity contribution in [1.82, 2.24) is 0 Å². The summed E-state index contributed by atoms with van der Waals surface area (Å²) in [6.07, 6.45) is 3.64. The van der Waals surface area contributed by atoms with Crippen LogP contribution < -0.4 is 9.64 Å². The smallest absolute Gasteiger partial charge is 0.269 e. The van der Waals surface area contributed by atoms with Crippen molar-refractivity contribution < 1.29 is 14.5 Å². The van der Waals surface area contributed by atoms with Crippen molar-refractivity contribution in [1.29, 1.82) is 0 Å². The quantitative estimate of drug-likeness (QED) is 0.241. The summed E-state index contributed by atoms with van der Waals surface area (Å²) in [6, 6.07) is 19.2. The molecule has 166 valence electrons. The summed E-state index contributed by atoms with van der Waals surface area (Å²) >= 11 is 6.06. The van der Waals surface area contributed by atoms with E-state index in [1.807, 2.05) is 55.5 Å². The van der Waals surface area contributed by atoms with Gasteiger partial charge in [-0.3, -0.25) is 19.8 Å². The van der Waals surface area contributed by atoms with Gasteiger partial charge >= 0.3 is 0 Å². The number of halogens is 1. The molecule has 0 bridgehead atoms. The Morgan fingerprint density at radius 3 is 2.36 bits per heavy atom. The molecule has 0 aliphatic carbocycles. The Morgan fingerprint density at radius 2 is 1.76 bits per heavy atom. The van der Waals surface area contributed by atoms with Gasteiger partial charge in [0.2, 0.25) is 0 Å². The van der Waals surface area contributed by atoms with Crippen LogP contribution in [0.25, 0.3) is 11.8 Å². The van der Waals surface area contributed by atoms with Crippen LogP contribution in [0.15, 0.2) is 78.4 Å². The minimum absolute atomic E-state index is 0.0231. The van der Waals surface area contributed by atoms with Crippen molar-refractivity contribution in [3.8, 4) is 5.75 Å². The van der Waals surface area contributed by atoms with Crippen LogP contribution in [0.5, 0.6) is 5.75 Å². The zero-order chi connectivity index (χ0) is 23.5. The lowest BCUT2D eigenvalue weighted by Crippen LogP contribution is -2.25. The Hall–Kier alpha value is -3.90. The maximum atomic E-state index is 13.5. The molecule has 4 rings (SSSR count). The molecule has 1 aliphatic heterocycles. The normalized spacial score (nSPS) is 14.5. The summed E-state index contributed by atoms with van der Waals surface area (Å²) in [7, 11) is 0. The molecule has 33 heavy (non-hydrogen) atoms. The van der Waals surface area contributed by atoms with Gasteiger partial charge in [-0.2, -0.15) is 0 Å². The van der Waals surface area contributed by atoms with Gasteiger partial charge < -0.3 is 4.74 Å². The van der Waals surface area contributed by atoms with Gasteiger partial charge in [-0.25, -0.2) is 0 Å². The van der Waals surface area contributed by atoms with Crippen LogP contribution in [-0.2, 0) is 4.79 Å².